The van der Waals surface area contributed by atoms with Gasteiger partial charge in [-0.2, -0.15) is 13.2 Å². The van der Waals surface area contributed by atoms with Gasteiger partial charge in [0.05, 0.1) is 22.8 Å². The number of piperazine rings is 1. The molecule has 3 fully saturated rings. The van der Waals surface area contributed by atoms with Gasteiger partial charge in [0, 0.05) is 96.2 Å². The summed E-state index contributed by atoms with van der Waals surface area (Å²) in [6.07, 6.45) is -4.18. The largest absolute Gasteiger partial charge is 0.455 e. The van der Waals surface area contributed by atoms with Crippen molar-refractivity contribution in [3.05, 3.63) is 58.1 Å². The van der Waals surface area contributed by atoms with Gasteiger partial charge in [-0.25, -0.2) is 9.59 Å². The second-order valence-corrected chi connectivity index (χ2v) is 16.4. The smallest absolute Gasteiger partial charge is 0.418 e. The van der Waals surface area contributed by atoms with E-state index in [0.29, 0.717) is 78.2 Å². The van der Waals surface area contributed by atoms with Crippen molar-refractivity contribution in [3.8, 4) is 0 Å². The molecule has 0 unspecified atom stereocenters. The van der Waals surface area contributed by atoms with Gasteiger partial charge in [0.2, 0.25) is 0 Å². The lowest BCUT2D eigenvalue weighted by atomic mass is 10.0. The van der Waals surface area contributed by atoms with Crippen molar-refractivity contribution < 1.29 is 46.6 Å². The number of fused-ring (bicyclic) bond motifs is 1. The van der Waals surface area contributed by atoms with Crippen LogP contribution in [0.15, 0.2) is 36.4 Å². The number of benzene rings is 2. The first kappa shape index (κ1) is 45.7. The molecule has 61 heavy (non-hydrogen) atoms. The summed E-state index contributed by atoms with van der Waals surface area (Å²) in [5, 5.41) is 2.65. The molecule has 1 atom stereocenters. The molecule has 0 aromatic heterocycles. The average Bonchev–Trinajstić information content (AvgIpc) is 3.42. The Morgan fingerprint density at radius 1 is 0.902 bits per heavy atom. The fraction of sp³-hybridized carbons (Fsp3) is 0.595. The molecule has 19 heteroatoms. The number of nitrogen functional groups attached to an aromatic ring is 1. The minimum atomic E-state index is -4.81. The van der Waals surface area contributed by atoms with Crippen LogP contribution in [0, 0.1) is 0 Å². The Balaban J connectivity index is 1.04. The number of esters is 1. The number of hydrogen-bond donors (Lipinski definition) is 2. The van der Waals surface area contributed by atoms with Crippen LogP contribution in [0.25, 0.3) is 0 Å². The number of urea groups is 1. The highest BCUT2D eigenvalue weighted by Gasteiger charge is 2.38. The van der Waals surface area contributed by atoms with Gasteiger partial charge in [-0.15, -0.1) is 0 Å². The number of carbonyl (C=O) groups is 5. The van der Waals surface area contributed by atoms with Crippen molar-refractivity contribution >= 4 is 52.9 Å². The van der Waals surface area contributed by atoms with E-state index in [1.807, 2.05) is 43.0 Å². The molecule has 0 bridgehead atoms. The molecule has 334 valence electrons. The fourth-order valence-electron chi connectivity index (χ4n) is 8.71. The minimum absolute atomic E-state index is 0.0364. The number of anilines is 2. The number of nitrogens with two attached hydrogens (primary N) is 1. The maximum absolute atomic E-state index is 14.2. The maximum atomic E-state index is 14.2. The number of hydrogen-bond acceptors (Lipinski definition) is 10. The van der Waals surface area contributed by atoms with E-state index in [9.17, 15) is 37.1 Å². The summed E-state index contributed by atoms with van der Waals surface area (Å²) < 4.78 is 52.9. The van der Waals surface area contributed by atoms with Crippen LogP contribution in [0.3, 0.4) is 0 Å². The molecule has 0 aliphatic carbocycles. The zero-order chi connectivity index (χ0) is 43.8. The van der Waals surface area contributed by atoms with Crippen molar-refractivity contribution in [1.29, 1.82) is 0 Å². The number of nitrogens with one attached hydrogen (secondary N) is 1. The van der Waals surface area contributed by atoms with Crippen LogP contribution in [-0.4, -0.2) is 163 Å². The number of rotatable bonds is 12. The number of amides is 5. The molecule has 4 aliphatic heterocycles. The molecule has 4 aliphatic rings. The predicted octanol–water partition coefficient (Wildman–Crippen LogP) is 4.56. The lowest BCUT2D eigenvalue weighted by Gasteiger charge is -2.43. The number of likely N-dealkylation sites (N-methyl/N-ethyl adjacent to an activating group) is 1. The third kappa shape index (κ3) is 11.6. The first-order valence-corrected chi connectivity index (χ1v) is 21.5. The van der Waals surface area contributed by atoms with Crippen LogP contribution >= 0.6 is 11.6 Å². The average molecular weight is 877 g/mol. The van der Waals surface area contributed by atoms with Crippen molar-refractivity contribution in [2.45, 2.75) is 76.7 Å². The summed E-state index contributed by atoms with van der Waals surface area (Å²) in [4.78, 5) is 76.4. The standard InChI is InChI=1S/C42H56ClF3N8O7/c1-3-50(4-2)36(55)27-60-37(56)26-49-14-10-30(11-15-49)51-19-21-52(22-20-51)39(57)35(25-28-23-32(42(44,45)46)38(47)33(43)24-28)61-41(59)53-16-12-31(13-17-53)54-18-9-29-7-5-6-8-34(29)48-40(54)58/h5-8,23-24,30-31,35H,3-4,9-22,25-27,47H2,1-2H3,(H,48,58)/t35-/m1/s1. The molecule has 3 N–H and O–H groups in total. The van der Waals surface area contributed by atoms with Crippen LogP contribution < -0.4 is 11.1 Å². The third-order valence-corrected chi connectivity index (χ3v) is 12.6. The highest BCUT2D eigenvalue weighted by atomic mass is 35.5. The van der Waals surface area contributed by atoms with Crippen molar-refractivity contribution in [1.82, 2.24) is 29.4 Å². The van der Waals surface area contributed by atoms with E-state index in [4.69, 9.17) is 26.8 Å². The summed E-state index contributed by atoms with van der Waals surface area (Å²) in [5.41, 5.74) is 5.76. The first-order valence-electron chi connectivity index (χ1n) is 21.1. The first-order chi connectivity index (χ1) is 29.1. The van der Waals surface area contributed by atoms with Crippen LogP contribution in [0.1, 0.15) is 56.2 Å². The normalized spacial score (nSPS) is 19.1. The summed E-state index contributed by atoms with van der Waals surface area (Å²) in [6, 6.07) is 9.60. The van der Waals surface area contributed by atoms with Crippen LogP contribution in [0.4, 0.5) is 34.1 Å². The van der Waals surface area contributed by atoms with Crippen LogP contribution in [0.2, 0.25) is 5.02 Å². The number of halogens is 4. The molecule has 0 radical (unpaired) electrons. The Hall–Kier alpha value is -4.81. The van der Waals surface area contributed by atoms with Crippen molar-refractivity contribution in [3.63, 3.8) is 0 Å². The van der Waals surface area contributed by atoms with Gasteiger partial charge in [-0.1, -0.05) is 29.8 Å². The predicted molar refractivity (Wildman–Crippen MR) is 222 cm³/mol. The number of carbonyl (C=O) groups excluding carboxylic acids is 5. The van der Waals surface area contributed by atoms with Gasteiger partial charge in [0.25, 0.3) is 11.8 Å². The Bertz CT molecular complexity index is 1900. The Morgan fingerprint density at radius 2 is 1.56 bits per heavy atom. The third-order valence-electron chi connectivity index (χ3n) is 12.3. The number of ether oxygens (including phenoxy) is 2. The zero-order valence-electron chi connectivity index (χ0n) is 34.8. The molecule has 2 aromatic rings. The summed E-state index contributed by atoms with van der Waals surface area (Å²) in [6.45, 7) is 8.63. The summed E-state index contributed by atoms with van der Waals surface area (Å²) >= 11 is 6.14. The molecule has 0 saturated carbocycles. The Labute approximate surface area is 359 Å². The summed E-state index contributed by atoms with van der Waals surface area (Å²) in [5.74, 6) is -1.21. The fourth-order valence-corrected chi connectivity index (χ4v) is 8.95. The van der Waals surface area contributed by atoms with E-state index in [2.05, 4.69) is 10.2 Å². The Morgan fingerprint density at radius 3 is 2.21 bits per heavy atom. The molecule has 2 aromatic carbocycles. The lowest BCUT2D eigenvalue weighted by molar-refractivity contribution is -0.153. The SMILES string of the molecule is CCN(CC)C(=O)COC(=O)CN1CCC(N2CCN(C(=O)[C@@H](Cc3cc(Cl)c(N)c(C(F)(F)F)c3)OC(=O)N3CCC(N4CCc5ccccc5NC4=O)CC3)CC2)CC1. The minimum Gasteiger partial charge on any atom is -0.455 e. The van der Waals surface area contributed by atoms with Crippen molar-refractivity contribution in [2.24, 2.45) is 0 Å². The topological polar surface area (TPSA) is 161 Å². The van der Waals surface area contributed by atoms with Crippen LogP contribution in [0.5, 0.6) is 0 Å². The second-order valence-electron chi connectivity index (χ2n) is 16.0. The summed E-state index contributed by atoms with van der Waals surface area (Å²) in [7, 11) is 0. The van der Waals surface area contributed by atoms with Crippen molar-refractivity contribution in [2.75, 3.05) is 96.2 Å². The zero-order valence-corrected chi connectivity index (χ0v) is 35.5. The van der Waals surface area contributed by atoms with Gasteiger partial charge in [0.15, 0.2) is 12.7 Å². The number of nitrogens with zero attached hydrogens (tertiary/aromatic N) is 6. The highest BCUT2D eigenvalue weighted by molar-refractivity contribution is 6.33. The van der Waals surface area contributed by atoms with Gasteiger partial charge in [-0.3, -0.25) is 24.2 Å². The number of para-hydroxylation sites is 1. The van der Waals surface area contributed by atoms with Gasteiger partial charge in [0.1, 0.15) is 0 Å². The van der Waals surface area contributed by atoms with E-state index in [-0.39, 0.29) is 67.3 Å². The Kier molecular flexibility index (Phi) is 15.3. The highest BCUT2D eigenvalue weighted by Crippen LogP contribution is 2.38. The maximum Gasteiger partial charge on any atom is 0.418 e. The van der Waals surface area contributed by atoms with Crippen LogP contribution in [-0.2, 0) is 42.9 Å². The van der Waals surface area contributed by atoms with E-state index >= 15 is 0 Å². The van der Waals surface area contributed by atoms with E-state index in [1.54, 1.807) is 14.7 Å². The molecule has 15 nitrogen and oxygen atoms in total. The molecular weight excluding hydrogens is 821 g/mol. The van der Waals surface area contributed by atoms with Gasteiger partial charge >= 0.3 is 24.3 Å². The van der Waals surface area contributed by atoms with E-state index in [1.165, 1.54) is 11.0 Å². The van der Waals surface area contributed by atoms with E-state index < -0.39 is 41.5 Å². The molecule has 0 spiro atoms. The molecular formula is C42H56ClF3N8O7. The number of alkyl halides is 3. The molecule has 6 rings (SSSR count). The molecule has 3 saturated heterocycles. The monoisotopic (exact) mass is 876 g/mol. The number of piperidine rings is 2. The molecule has 5 amide bonds. The molecule has 4 heterocycles. The quantitative estimate of drug-likeness (QED) is 0.229. The van der Waals surface area contributed by atoms with Gasteiger partial charge in [-0.05, 0) is 75.3 Å². The lowest BCUT2D eigenvalue weighted by Crippen LogP contribution is -2.57. The number of likely N-dealkylation sites (tertiary alicyclic amines) is 2. The van der Waals surface area contributed by atoms with E-state index in [0.717, 1.165) is 30.2 Å². The van der Waals surface area contributed by atoms with Gasteiger partial charge < -0.3 is 40.1 Å². The second kappa shape index (κ2) is 20.4.